The average Bonchev–Trinajstić information content (AvgIpc) is 2.54. The molecule has 23 heavy (non-hydrogen) atoms. The predicted octanol–water partition coefficient (Wildman–Crippen LogP) is 1.61. The van der Waals surface area contributed by atoms with E-state index in [1.165, 1.54) is 35.7 Å². The molecule has 0 saturated heterocycles. The zero-order chi connectivity index (χ0) is 17.5. The minimum absolute atomic E-state index is 0.00322. The third-order valence-electron chi connectivity index (χ3n) is 3.27. The van der Waals surface area contributed by atoms with Crippen molar-refractivity contribution in [3.8, 4) is 0 Å². The van der Waals surface area contributed by atoms with Gasteiger partial charge in [-0.05, 0) is 24.3 Å². The number of nitrogens with zero attached hydrogens (tertiary/aromatic N) is 1. The maximum Gasteiger partial charge on any atom is 0.306 e. The number of amides is 1. The first-order valence-corrected chi connectivity index (χ1v) is 8.76. The number of carbonyl (C=O) groups excluding carboxylic acids is 2. The Hall–Kier alpha value is -1.93. The molecular formula is C15H22N2O5S. The van der Waals surface area contributed by atoms with Crippen molar-refractivity contribution in [3.05, 3.63) is 24.3 Å². The Morgan fingerprint density at radius 3 is 2.13 bits per heavy atom. The molecule has 0 aliphatic rings. The van der Waals surface area contributed by atoms with Crippen LogP contribution in [0.25, 0.3) is 0 Å². The molecule has 0 heterocycles. The normalized spacial score (nSPS) is 11.3. The Labute approximate surface area is 136 Å². The number of nitrogens with one attached hydrogen (secondary N) is 1. The van der Waals surface area contributed by atoms with Crippen LogP contribution in [0.15, 0.2) is 29.2 Å². The Morgan fingerprint density at radius 2 is 1.65 bits per heavy atom. The highest BCUT2D eigenvalue weighted by Gasteiger charge is 2.21. The topological polar surface area (TPSA) is 92.8 Å². The summed E-state index contributed by atoms with van der Waals surface area (Å²) in [6.07, 6.45) is 0.00290. The van der Waals surface area contributed by atoms with Gasteiger partial charge in [0.1, 0.15) is 0 Å². The summed E-state index contributed by atoms with van der Waals surface area (Å²) < 4.78 is 30.5. The molecule has 1 rings (SSSR count). The van der Waals surface area contributed by atoms with E-state index in [0.29, 0.717) is 18.8 Å². The van der Waals surface area contributed by atoms with Crippen molar-refractivity contribution in [3.63, 3.8) is 0 Å². The van der Waals surface area contributed by atoms with E-state index in [9.17, 15) is 18.0 Å². The van der Waals surface area contributed by atoms with Gasteiger partial charge in [0.2, 0.25) is 15.9 Å². The second-order valence-electron chi connectivity index (χ2n) is 4.74. The van der Waals surface area contributed by atoms with Crippen molar-refractivity contribution in [2.45, 2.75) is 31.6 Å². The fraction of sp³-hybridized carbons (Fsp3) is 0.467. The van der Waals surface area contributed by atoms with E-state index in [1.54, 1.807) is 13.8 Å². The number of hydrogen-bond donors (Lipinski definition) is 1. The van der Waals surface area contributed by atoms with Crippen LogP contribution < -0.4 is 5.32 Å². The highest BCUT2D eigenvalue weighted by molar-refractivity contribution is 7.89. The molecule has 0 spiro atoms. The first-order chi connectivity index (χ1) is 10.8. The van der Waals surface area contributed by atoms with Gasteiger partial charge in [-0.15, -0.1) is 0 Å². The van der Waals surface area contributed by atoms with E-state index in [0.717, 1.165) is 0 Å². The van der Waals surface area contributed by atoms with Crippen molar-refractivity contribution in [2.75, 3.05) is 25.5 Å². The molecule has 0 aliphatic heterocycles. The van der Waals surface area contributed by atoms with E-state index in [1.807, 2.05) is 0 Å². The SMILES string of the molecule is CCN(CC)S(=O)(=O)c1ccc(NC(=O)CCC(=O)OC)cc1. The van der Waals surface area contributed by atoms with Crippen LogP contribution in [-0.2, 0) is 24.3 Å². The first-order valence-electron chi connectivity index (χ1n) is 7.32. The molecule has 0 atom stereocenters. The first kappa shape index (κ1) is 19.1. The summed E-state index contributed by atoms with van der Waals surface area (Å²) >= 11 is 0. The third-order valence-corrected chi connectivity index (χ3v) is 5.33. The predicted molar refractivity (Wildman–Crippen MR) is 86.4 cm³/mol. The largest absolute Gasteiger partial charge is 0.469 e. The summed E-state index contributed by atoms with van der Waals surface area (Å²) in [5.41, 5.74) is 0.471. The van der Waals surface area contributed by atoms with Gasteiger partial charge in [-0.3, -0.25) is 9.59 Å². The van der Waals surface area contributed by atoms with Gasteiger partial charge in [-0.2, -0.15) is 4.31 Å². The van der Waals surface area contributed by atoms with E-state index in [-0.39, 0.29) is 23.6 Å². The lowest BCUT2D eigenvalue weighted by atomic mass is 10.2. The van der Waals surface area contributed by atoms with Crippen LogP contribution in [-0.4, -0.2) is 44.8 Å². The van der Waals surface area contributed by atoms with Crippen LogP contribution in [0.5, 0.6) is 0 Å². The zero-order valence-corrected chi connectivity index (χ0v) is 14.4. The summed E-state index contributed by atoms with van der Waals surface area (Å²) in [6.45, 7) is 4.34. The molecule has 1 amide bonds. The van der Waals surface area contributed by atoms with Crippen LogP contribution in [0.3, 0.4) is 0 Å². The molecule has 1 aromatic rings. The van der Waals surface area contributed by atoms with Crippen LogP contribution >= 0.6 is 0 Å². The molecule has 0 fully saturated rings. The van der Waals surface area contributed by atoms with Crippen molar-refractivity contribution < 1.29 is 22.7 Å². The molecule has 128 valence electrons. The van der Waals surface area contributed by atoms with Crippen LogP contribution in [0, 0.1) is 0 Å². The summed E-state index contributed by atoms with van der Waals surface area (Å²) in [4.78, 5) is 22.8. The highest BCUT2D eigenvalue weighted by Crippen LogP contribution is 2.18. The lowest BCUT2D eigenvalue weighted by Gasteiger charge is -2.18. The fourth-order valence-corrected chi connectivity index (χ4v) is 3.42. The van der Waals surface area contributed by atoms with Gasteiger partial charge in [0, 0.05) is 25.2 Å². The molecule has 0 aromatic heterocycles. The second kappa shape index (κ2) is 8.64. The number of rotatable bonds is 8. The standard InChI is InChI=1S/C15H22N2O5S/c1-4-17(5-2)23(20,21)13-8-6-12(7-9-13)16-14(18)10-11-15(19)22-3/h6-9H,4-5,10-11H2,1-3H3,(H,16,18). The Morgan fingerprint density at radius 1 is 1.09 bits per heavy atom. The Kier molecular flexibility index (Phi) is 7.18. The van der Waals surface area contributed by atoms with Gasteiger partial charge >= 0.3 is 5.97 Å². The van der Waals surface area contributed by atoms with Crippen molar-refractivity contribution in [1.29, 1.82) is 0 Å². The quantitative estimate of drug-likeness (QED) is 0.725. The van der Waals surface area contributed by atoms with Crippen molar-refractivity contribution >= 4 is 27.6 Å². The molecule has 0 radical (unpaired) electrons. The van der Waals surface area contributed by atoms with Crippen LogP contribution in [0.4, 0.5) is 5.69 Å². The minimum Gasteiger partial charge on any atom is -0.469 e. The fourth-order valence-electron chi connectivity index (χ4n) is 1.96. The van der Waals surface area contributed by atoms with Gasteiger partial charge < -0.3 is 10.1 Å². The van der Waals surface area contributed by atoms with Gasteiger partial charge in [-0.1, -0.05) is 13.8 Å². The lowest BCUT2D eigenvalue weighted by Crippen LogP contribution is -2.30. The Bertz CT molecular complexity index is 636. The smallest absolute Gasteiger partial charge is 0.306 e. The average molecular weight is 342 g/mol. The van der Waals surface area contributed by atoms with E-state index in [4.69, 9.17) is 0 Å². The van der Waals surface area contributed by atoms with Gasteiger partial charge in [0.25, 0.3) is 0 Å². The van der Waals surface area contributed by atoms with E-state index in [2.05, 4.69) is 10.1 Å². The van der Waals surface area contributed by atoms with E-state index >= 15 is 0 Å². The number of anilines is 1. The number of sulfonamides is 1. The Balaban J connectivity index is 2.73. The summed E-state index contributed by atoms with van der Waals surface area (Å²) in [7, 11) is -2.25. The lowest BCUT2D eigenvalue weighted by molar-refractivity contribution is -0.141. The summed E-state index contributed by atoms with van der Waals surface area (Å²) in [5.74, 6) is -0.796. The molecule has 1 aromatic carbocycles. The van der Waals surface area contributed by atoms with Crippen molar-refractivity contribution in [2.24, 2.45) is 0 Å². The zero-order valence-electron chi connectivity index (χ0n) is 13.5. The minimum atomic E-state index is -3.51. The molecule has 8 heteroatoms. The number of ether oxygens (including phenoxy) is 1. The molecule has 0 unspecified atom stereocenters. The number of methoxy groups -OCH3 is 1. The highest BCUT2D eigenvalue weighted by atomic mass is 32.2. The summed E-state index contributed by atoms with van der Waals surface area (Å²) in [6, 6.07) is 5.94. The van der Waals surface area contributed by atoms with Gasteiger partial charge in [-0.25, -0.2) is 8.42 Å². The van der Waals surface area contributed by atoms with Crippen LogP contribution in [0.2, 0.25) is 0 Å². The molecule has 0 aliphatic carbocycles. The number of hydrogen-bond acceptors (Lipinski definition) is 5. The molecule has 1 N–H and O–H groups in total. The number of esters is 1. The second-order valence-corrected chi connectivity index (χ2v) is 6.68. The molecule has 0 bridgehead atoms. The number of carbonyl (C=O) groups is 2. The number of benzene rings is 1. The molecule has 0 saturated carbocycles. The van der Waals surface area contributed by atoms with E-state index < -0.39 is 16.0 Å². The summed E-state index contributed by atoms with van der Waals surface area (Å²) in [5, 5.41) is 2.60. The maximum absolute atomic E-state index is 12.3. The third kappa shape index (κ3) is 5.33. The van der Waals surface area contributed by atoms with Crippen LogP contribution in [0.1, 0.15) is 26.7 Å². The van der Waals surface area contributed by atoms with Gasteiger partial charge in [0.05, 0.1) is 18.4 Å². The molecular weight excluding hydrogens is 320 g/mol. The maximum atomic E-state index is 12.3. The van der Waals surface area contributed by atoms with Gasteiger partial charge in [0.15, 0.2) is 0 Å². The van der Waals surface area contributed by atoms with Crippen molar-refractivity contribution in [1.82, 2.24) is 4.31 Å². The monoisotopic (exact) mass is 342 g/mol. The molecule has 7 nitrogen and oxygen atoms in total.